The second-order valence-corrected chi connectivity index (χ2v) is 3.05. The average molecular weight is 217 g/mol. The molecule has 0 aliphatic rings. The normalized spacial score (nSPS) is 10.0. The van der Waals surface area contributed by atoms with Crippen molar-refractivity contribution in [3.05, 3.63) is 23.5 Å². The second-order valence-electron chi connectivity index (χ2n) is 3.05. The number of aromatic nitrogens is 2. The third-order valence-corrected chi connectivity index (χ3v) is 2.17. The SMILES string of the molecule is COc1cc(C#N)nc2[nH]cc(C(=O)O)c12. The minimum atomic E-state index is -1.07. The molecule has 0 aliphatic carbocycles. The van der Waals surface area contributed by atoms with E-state index in [9.17, 15) is 4.79 Å². The Kier molecular flexibility index (Phi) is 2.21. The fourth-order valence-corrected chi connectivity index (χ4v) is 1.49. The highest BCUT2D eigenvalue weighted by atomic mass is 16.5. The van der Waals surface area contributed by atoms with E-state index in [1.54, 1.807) is 0 Å². The first-order valence-electron chi connectivity index (χ1n) is 4.37. The van der Waals surface area contributed by atoms with Crippen LogP contribution in [0.3, 0.4) is 0 Å². The molecular formula is C10H7N3O3. The maximum atomic E-state index is 10.9. The van der Waals surface area contributed by atoms with Crippen molar-refractivity contribution in [1.29, 1.82) is 5.26 Å². The Morgan fingerprint density at radius 3 is 3.00 bits per heavy atom. The van der Waals surface area contributed by atoms with Gasteiger partial charge in [-0.05, 0) is 0 Å². The summed E-state index contributed by atoms with van der Waals surface area (Å²) in [5, 5.41) is 18.1. The van der Waals surface area contributed by atoms with Gasteiger partial charge in [0.2, 0.25) is 0 Å². The Morgan fingerprint density at radius 1 is 1.69 bits per heavy atom. The summed E-state index contributed by atoms with van der Waals surface area (Å²) in [6.07, 6.45) is 1.32. The number of nitriles is 1. The zero-order valence-corrected chi connectivity index (χ0v) is 8.31. The van der Waals surface area contributed by atoms with Crippen LogP contribution in [0.4, 0.5) is 0 Å². The molecule has 2 aromatic heterocycles. The van der Waals surface area contributed by atoms with E-state index in [2.05, 4.69) is 9.97 Å². The molecule has 6 nitrogen and oxygen atoms in total. The second kappa shape index (κ2) is 3.55. The molecule has 2 heterocycles. The number of carbonyl (C=O) groups is 1. The molecule has 6 heteroatoms. The highest BCUT2D eigenvalue weighted by Crippen LogP contribution is 2.28. The molecule has 0 saturated carbocycles. The van der Waals surface area contributed by atoms with E-state index < -0.39 is 5.97 Å². The largest absolute Gasteiger partial charge is 0.496 e. The molecule has 0 fully saturated rings. The van der Waals surface area contributed by atoms with Crippen LogP contribution in [0.2, 0.25) is 0 Å². The predicted molar refractivity (Wildman–Crippen MR) is 54.3 cm³/mol. The Balaban J connectivity index is 2.83. The fraction of sp³-hybridized carbons (Fsp3) is 0.100. The summed E-state index contributed by atoms with van der Waals surface area (Å²) in [5.41, 5.74) is 0.570. The smallest absolute Gasteiger partial charge is 0.338 e. The van der Waals surface area contributed by atoms with Crippen molar-refractivity contribution in [3.63, 3.8) is 0 Å². The zero-order chi connectivity index (χ0) is 11.7. The summed E-state index contributed by atoms with van der Waals surface area (Å²) in [5.74, 6) is -0.753. The molecular weight excluding hydrogens is 210 g/mol. The molecule has 0 bridgehead atoms. The van der Waals surface area contributed by atoms with E-state index in [-0.39, 0.29) is 11.3 Å². The van der Waals surface area contributed by atoms with Crippen LogP contribution < -0.4 is 4.74 Å². The Labute approximate surface area is 90.1 Å². The molecule has 0 atom stereocenters. The van der Waals surface area contributed by atoms with Gasteiger partial charge in [-0.25, -0.2) is 9.78 Å². The van der Waals surface area contributed by atoms with Gasteiger partial charge >= 0.3 is 5.97 Å². The summed E-state index contributed by atoms with van der Waals surface area (Å²) >= 11 is 0. The molecule has 80 valence electrons. The Bertz CT molecular complexity index is 610. The number of carboxylic acids is 1. The van der Waals surface area contributed by atoms with Crippen LogP contribution >= 0.6 is 0 Å². The number of aromatic amines is 1. The minimum Gasteiger partial charge on any atom is -0.496 e. The number of aromatic carboxylic acids is 1. The lowest BCUT2D eigenvalue weighted by Crippen LogP contribution is -1.96. The maximum Gasteiger partial charge on any atom is 0.338 e. The number of H-pyrrole nitrogens is 1. The number of nitrogens with one attached hydrogen (secondary N) is 1. The molecule has 2 aromatic rings. The number of fused-ring (bicyclic) bond motifs is 1. The third kappa shape index (κ3) is 1.35. The van der Waals surface area contributed by atoms with Crippen molar-refractivity contribution in [2.24, 2.45) is 0 Å². The van der Waals surface area contributed by atoms with Gasteiger partial charge in [-0.3, -0.25) is 0 Å². The van der Waals surface area contributed by atoms with Crippen LogP contribution in [-0.4, -0.2) is 28.2 Å². The van der Waals surface area contributed by atoms with E-state index in [1.165, 1.54) is 19.4 Å². The lowest BCUT2D eigenvalue weighted by molar-refractivity contribution is 0.0699. The van der Waals surface area contributed by atoms with Crippen LogP contribution in [0.5, 0.6) is 5.75 Å². The summed E-state index contributed by atoms with van der Waals surface area (Å²) in [6.45, 7) is 0. The molecule has 2 rings (SSSR count). The number of hydrogen-bond acceptors (Lipinski definition) is 4. The number of hydrogen-bond donors (Lipinski definition) is 2. The summed E-state index contributed by atoms with van der Waals surface area (Å²) < 4.78 is 5.04. The molecule has 0 aliphatic heterocycles. The summed E-state index contributed by atoms with van der Waals surface area (Å²) in [4.78, 5) is 17.6. The van der Waals surface area contributed by atoms with Crippen molar-refractivity contribution >= 4 is 17.0 Å². The molecule has 0 saturated heterocycles. The van der Waals surface area contributed by atoms with E-state index in [4.69, 9.17) is 15.1 Å². The summed E-state index contributed by atoms with van der Waals surface area (Å²) in [7, 11) is 1.41. The number of methoxy groups -OCH3 is 1. The lowest BCUT2D eigenvalue weighted by Gasteiger charge is -2.02. The van der Waals surface area contributed by atoms with Gasteiger partial charge in [0.15, 0.2) is 0 Å². The van der Waals surface area contributed by atoms with Crippen molar-refractivity contribution in [1.82, 2.24) is 9.97 Å². The Morgan fingerprint density at radius 2 is 2.44 bits per heavy atom. The lowest BCUT2D eigenvalue weighted by atomic mass is 10.2. The van der Waals surface area contributed by atoms with Crippen molar-refractivity contribution < 1.29 is 14.6 Å². The van der Waals surface area contributed by atoms with Crippen LogP contribution in [-0.2, 0) is 0 Å². The topological polar surface area (TPSA) is 99.0 Å². The molecule has 2 N–H and O–H groups in total. The monoisotopic (exact) mass is 217 g/mol. The van der Waals surface area contributed by atoms with Crippen molar-refractivity contribution in [2.75, 3.05) is 7.11 Å². The van der Waals surface area contributed by atoms with Gasteiger partial charge in [0.1, 0.15) is 23.2 Å². The average Bonchev–Trinajstić information content (AvgIpc) is 2.71. The van der Waals surface area contributed by atoms with Crippen LogP contribution in [0, 0.1) is 11.3 Å². The quantitative estimate of drug-likeness (QED) is 0.785. The van der Waals surface area contributed by atoms with Crippen LogP contribution in [0.1, 0.15) is 16.1 Å². The first kappa shape index (κ1) is 9.98. The number of nitrogens with zero attached hydrogens (tertiary/aromatic N) is 2. The maximum absolute atomic E-state index is 10.9. The van der Waals surface area contributed by atoms with Crippen LogP contribution in [0.15, 0.2) is 12.3 Å². The van der Waals surface area contributed by atoms with Gasteiger partial charge in [0, 0.05) is 12.3 Å². The van der Waals surface area contributed by atoms with Gasteiger partial charge in [-0.2, -0.15) is 5.26 Å². The molecule has 0 radical (unpaired) electrons. The van der Waals surface area contributed by atoms with Gasteiger partial charge in [0.05, 0.1) is 18.1 Å². The number of rotatable bonds is 2. The van der Waals surface area contributed by atoms with Crippen LogP contribution in [0.25, 0.3) is 11.0 Å². The first-order chi connectivity index (χ1) is 7.67. The molecule has 0 amide bonds. The Hall–Kier alpha value is -2.55. The standard InChI is InChI=1S/C10H7N3O3/c1-16-7-2-5(3-11)13-9-8(7)6(4-12-9)10(14)15/h2,4H,1H3,(H,12,13)(H,14,15). The van der Waals surface area contributed by atoms with E-state index >= 15 is 0 Å². The molecule has 0 unspecified atom stereocenters. The number of ether oxygens (including phenoxy) is 1. The number of pyridine rings is 1. The van der Waals surface area contributed by atoms with Gasteiger partial charge in [-0.15, -0.1) is 0 Å². The predicted octanol–water partition coefficient (Wildman–Crippen LogP) is 1.14. The molecule has 0 aromatic carbocycles. The first-order valence-corrected chi connectivity index (χ1v) is 4.37. The highest BCUT2D eigenvalue weighted by Gasteiger charge is 2.16. The van der Waals surface area contributed by atoms with E-state index in [0.717, 1.165) is 0 Å². The third-order valence-electron chi connectivity index (χ3n) is 2.17. The minimum absolute atomic E-state index is 0.0730. The summed E-state index contributed by atoms with van der Waals surface area (Å²) in [6, 6.07) is 3.28. The van der Waals surface area contributed by atoms with Gasteiger partial charge < -0.3 is 14.8 Å². The number of carboxylic acid groups (broad SMARTS) is 1. The van der Waals surface area contributed by atoms with E-state index in [1.807, 2.05) is 6.07 Å². The van der Waals surface area contributed by atoms with Crippen molar-refractivity contribution in [2.45, 2.75) is 0 Å². The fourth-order valence-electron chi connectivity index (χ4n) is 1.49. The van der Waals surface area contributed by atoms with Crippen molar-refractivity contribution in [3.8, 4) is 11.8 Å². The highest BCUT2D eigenvalue weighted by molar-refractivity contribution is 6.04. The molecule has 16 heavy (non-hydrogen) atoms. The van der Waals surface area contributed by atoms with Gasteiger partial charge in [0.25, 0.3) is 0 Å². The van der Waals surface area contributed by atoms with E-state index in [0.29, 0.717) is 16.8 Å². The molecule has 0 spiro atoms. The van der Waals surface area contributed by atoms with Gasteiger partial charge in [-0.1, -0.05) is 0 Å². The zero-order valence-electron chi connectivity index (χ0n) is 8.31.